The molecule has 0 aromatic carbocycles. The SMILES string of the molecule is NC[CH-]COC(CCN)CCN.[Y]. The molecular formula is C8H20N3OY-. The molecule has 0 saturated carbocycles. The molecule has 0 aliphatic carbocycles. The van der Waals surface area contributed by atoms with Gasteiger partial charge in [-0.3, -0.25) is 6.42 Å². The van der Waals surface area contributed by atoms with Crippen molar-refractivity contribution in [3.8, 4) is 0 Å². The third-order valence-electron chi connectivity index (χ3n) is 1.59. The van der Waals surface area contributed by atoms with Crippen LogP contribution in [0.3, 0.4) is 0 Å². The van der Waals surface area contributed by atoms with Crippen molar-refractivity contribution in [1.82, 2.24) is 0 Å². The van der Waals surface area contributed by atoms with Gasteiger partial charge in [0.15, 0.2) is 0 Å². The molecule has 4 nitrogen and oxygen atoms in total. The van der Waals surface area contributed by atoms with Crippen molar-refractivity contribution in [2.24, 2.45) is 17.2 Å². The molecular weight excluding hydrogens is 243 g/mol. The second kappa shape index (κ2) is 12.9. The maximum absolute atomic E-state index is 5.47. The summed E-state index contributed by atoms with van der Waals surface area (Å²) in [6, 6.07) is 0. The minimum atomic E-state index is 0. The van der Waals surface area contributed by atoms with Gasteiger partial charge < -0.3 is 21.9 Å². The Hall–Kier alpha value is 0.944. The molecule has 0 heterocycles. The Kier molecular flexibility index (Phi) is 16.3. The molecule has 13 heavy (non-hydrogen) atoms. The molecule has 77 valence electrons. The van der Waals surface area contributed by atoms with Gasteiger partial charge in [-0.2, -0.15) is 0 Å². The summed E-state index contributed by atoms with van der Waals surface area (Å²) in [5, 5.41) is 0. The molecule has 0 aromatic rings. The van der Waals surface area contributed by atoms with Crippen LogP contribution < -0.4 is 17.2 Å². The first-order valence-electron chi connectivity index (χ1n) is 4.38. The summed E-state index contributed by atoms with van der Waals surface area (Å²) in [7, 11) is 0. The molecule has 0 aromatic heterocycles. The summed E-state index contributed by atoms with van der Waals surface area (Å²) in [5.41, 5.74) is 16.1. The predicted octanol–water partition coefficient (Wildman–Crippen LogP) is -0.770. The zero-order chi connectivity index (χ0) is 9.23. The quantitative estimate of drug-likeness (QED) is 0.396. The Balaban J connectivity index is 0. The van der Waals surface area contributed by atoms with Crippen LogP contribution in [0.15, 0.2) is 0 Å². The molecule has 5 heteroatoms. The number of rotatable bonds is 8. The fourth-order valence-corrected chi connectivity index (χ4v) is 0.955. The van der Waals surface area contributed by atoms with Crippen LogP contribution in [-0.4, -0.2) is 32.3 Å². The Morgan fingerprint density at radius 1 is 1.08 bits per heavy atom. The van der Waals surface area contributed by atoms with Crippen molar-refractivity contribution >= 4 is 0 Å². The standard InChI is InChI=1S/C8H20N3O.Y/c9-4-1-7-12-8(2-5-10)3-6-11;/h1,8H,2-7,9-11H2;/q-1;. The maximum Gasteiger partial charge on any atom is 0.0563 e. The predicted molar refractivity (Wildman–Crippen MR) is 50.4 cm³/mol. The van der Waals surface area contributed by atoms with Crippen LogP contribution in [-0.2, 0) is 37.4 Å². The smallest absolute Gasteiger partial charge is 0.0563 e. The van der Waals surface area contributed by atoms with Gasteiger partial charge in [-0.05, 0) is 25.9 Å². The van der Waals surface area contributed by atoms with E-state index in [1.165, 1.54) is 0 Å². The van der Waals surface area contributed by atoms with E-state index in [0.717, 1.165) is 12.8 Å². The van der Waals surface area contributed by atoms with E-state index in [2.05, 4.69) is 0 Å². The van der Waals surface area contributed by atoms with Gasteiger partial charge in [-0.25, -0.2) is 0 Å². The van der Waals surface area contributed by atoms with Crippen LogP contribution in [0.2, 0.25) is 0 Å². The summed E-state index contributed by atoms with van der Waals surface area (Å²) in [5.74, 6) is 0. The average molecular weight is 263 g/mol. The minimum Gasteiger partial charge on any atom is -0.410 e. The fraction of sp³-hybridized carbons (Fsp3) is 0.875. The fourth-order valence-electron chi connectivity index (χ4n) is 0.955. The summed E-state index contributed by atoms with van der Waals surface area (Å²) in [6.45, 7) is 2.44. The Morgan fingerprint density at radius 2 is 1.62 bits per heavy atom. The van der Waals surface area contributed by atoms with Crippen LogP contribution >= 0.6 is 0 Å². The minimum absolute atomic E-state index is 0. The molecule has 0 aliphatic heterocycles. The van der Waals surface area contributed by atoms with Crippen LogP contribution in [0.1, 0.15) is 12.8 Å². The van der Waals surface area contributed by atoms with Crippen LogP contribution in [0.5, 0.6) is 0 Å². The van der Waals surface area contributed by atoms with Crippen molar-refractivity contribution in [2.75, 3.05) is 26.2 Å². The van der Waals surface area contributed by atoms with Gasteiger partial charge in [0, 0.05) is 32.7 Å². The number of ether oxygens (including phenoxy) is 1. The first-order valence-corrected chi connectivity index (χ1v) is 4.38. The topological polar surface area (TPSA) is 87.3 Å². The molecule has 0 spiro atoms. The van der Waals surface area contributed by atoms with Gasteiger partial charge in [0.05, 0.1) is 6.10 Å². The van der Waals surface area contributed by atoms with E-state index in [4.69, 9.17) is 21.9 Å². The molecule has 0 unspecified atom stereocenters. The van der Waals surface area contributed by atoms with E-state index < -0.39 is 0 Å². The van der Waals surface area contributed by atoms with E-state index in [1.54, 1.807) is 0 Å². The molecule has 0 aliphatic rings. The normalized spacial score (nSPS) is 10.2. The number of hydrogen-bond acceptors (Lipinski definition) is 4. The summed E-state index contributed by atoms with van der Waals surface area (Å²) in [4.78, 5) is 0. The van der Waals surface area contributed by atoms with Crippen molar-refractivity contribution < 1.29 is 37.4 Å². The molecule has 0 atom stereocenters. The summed E-state index contributed by atoms with van der Waals surface area (Å²) >= 11 is 0. The molecule has 1 radical (unpaired) electrons. The van der Waals surface area contributed by atoms with Crippen LogP contribution in [0.4, 0.5) is 0 Å². The van der Waals surface area contributed by atoms with Gasteiger partial charge in [-0.1, -0.05) is 6.61 Å². The third kappa shape index (κ3) is 10.9. The molecule has 0 rings (SSSR count). The summed E-state index contributed by atoms with van der Waals surface area (Å²) < 4.78 is 5.47. The maximum atomic E-state index is 5.47. The monoisotopic (exact) mass is 263 g/mol. The molecule has 0 amide bonds. The van der Waals surface area contributed by atoms with Gasteiger partial charge in [0.25, 0.3) is 0 Å². The molecule has 0 fully saturated rings. The Morgan fingerprint density at radius 3 is 2.00 bits per heavy atom. The van der Waals surface area contributed by atoms with E-state index in [1.807, 2.05) is 6.42 Å². The van der Waals surface area contributed by atoms with Gasteiger partial charge in [-0.15, -0.1) is 6.54 Å². The zero-order valence-corrected chi connectivity index (χ0v) is 11.0. The van der Waals surface area contributed by atoms with Crippen molar-refractivity contribution in [3.05, 3.63) is 6.42 Å². The molecule has 0 bridgehead atoms. The zero-order valence-electron chi connectivity index (χ0n) is 8.11. The van der Waals surface area contributed by atoms with Crippen molar-refractivity contribution in [1.29, 1.82) is 0 Å². The van der Waals surface area contributed by atoms with Gasteiger partial charge in [0.1, 0.15) is 0 Å². The van der Waals surface area contributed by atoms with E-state index >= 15 is 0 Å². The van der Waals surface area contributed by atoms with Crippen LogP contribution in [0, 0.1) is 6.42 Å². The number of hydrogen-bond donors (Lipinski definition) is 3. The van der Waals surface area contributed by atoms with Crippen molar-refractivity contribution in [2.45, 2.75) is 18.9 Å². The summed E-state index contributed by atoms with van der Waals surface area (Å²) in [6.07, 6.45) is 3.83. The van der Waals surface area contributed by atoms with E-state index in [-0.39, 0.29) is 38.8 Å². The van der Waals surface area contributed by atoms with Crippen molar-refractivity contribution in [3.63, 3.8) is 0 Å². The largest absolute Gasteiger partial charge is 0.410 e. The van der Waals surface area contributed by atoms with Crippen LogP contribution in [0.25, 0.3) is 0 Å². The Labute approximate surface area is 106 Å². The average Bonchev–Trinajstić information content (AvgIpc) is 2.06. The number of nitrogens with two attached hydrogens (primary N) is 3. The second-order valence-corrected chi connectivity index (χ2v) is 2.63. The molecule has 6 N–H and O–H groups in total. The van der Waals surface area contributed by atoms with Gasteiger partial charge >= 0.3 is 0 Å². The first-order chi connectivity index (χ1) is 5.85. The first kappa shape index (κ1) is 16.4. The molecule has 0 saturated heterocycles. The third-order valence-corrected chi connectivity index (χ3v) is 1.59. The van der Waals surface area contributed by atoms with E-state index in [0.29, 0.717) is 26.2 Å². The Bertz CT molecular complexity index is 89.5. The second-order valence-electron chi connectivity index (χ2n) is 2.63. The van der Waals surface area contributed by atoms with E-state index in [9.17, 15) is 0 Å². The van der Waals surface area contributed by atoms with Gasteiger partial charge in [0.2, 0.25) is 0 Å².